The van der Waals surface area contributed by atoms with E-state index in [1.165, 1.54) is 42.6 Å². The van der Waals surface area contributed by atoms with Gasteiger partial charge in [-0.2, -0.15) is 4.98 Å². The number of H-pyrrole nitrogens is 1. The number of hydrogen-bond acceptors (Lipinski definition) is 34. The SMILES string of the molecule is NC(N)=NCCC[C@@H](N)C(=O)CCC(=O)N[C@H](CC(=O)O)C(O)O.NCCCC[C@@H]1NC(=O)[C@@H](Cc2ccc(O)cc2)NC(=O)[C@H](CC(=O)O)NC(=O)CNC(=O)[C@H](CCCN=C(N)N)NC1=O.NCCCC[C@@H]1NC(=O)[C@@H](Cc2ccccc2)NC(=O)[C@H](CC(=O)O)NC(=O)CNC[C@H](CCCN=C(N)N)NC1=O.Nc1nc2ncc(CNc3ccc(C(=O)NC(CCC(=O)[O-])C(=O)O)cc3)nc2c(=O)[nH]1.O. The van der Waals surface area contributed by atoms with Crippen LogP contribution in [0.25, 0.3) is 11.2 Å². The van der Waals surface area contributed by atoms with Crippen molar-refractivity contribution in [3.8, 4) is 5.75 Å². The third-order valence-corrected chi connectivity index (χ3v) is 20.6. The van der Waals surface area contributed by atoms with E-state index in [0.29, 0.717) is 101 Å². The Kier molecular flexibility index (Phi) is 55.1. The number of aromatic hydroxyl groups is 1. The van der Waals surface area contributed by atoms with Crippen molar-refractivity contribution in [3.63, 3.8) is 0 Å². The minimum atomic E-state index is -2.02. The molecule has 0 radical (unpaired) electrons. The number of rotatable bonds is 45. The standard InChI is InChI=1S/C27H41N9O8.C27H43N9O6.C19H19N7O6.C13H25N5O6.H2O/c28-10-2-1-4-18-24(42)34-17(5-3-11-31-27(29)30)23(41)32-14-21(38)33-20(13-22(39)40)26(44)36-19(25(43)35-18)12-15-6-8-16(37)9-7-15;28-11-5-4-10-19-24(40)33-18(9-6-12-32-27(29)30)15-31-16-22(37)34-21(14-23(38)39)26(42)36-20(25(41)35-19)13-17-7-2-1-3-8-17;20-19-25-15-14(17(30)26-19)23-11(8-22-15)7-21-10-3-1-9(2-4-10)16(29)24-12(18(31)32)5-6-13(27)28;14-7(2-1-5-17-13(15)16)9(19)3-4-10(20)18-8(12(23)24)6-11(21)22;/h6-9,17-20,37H,1-5,10-14,28H2,(H,32,41)(H,33,38)(H,34,42)(H,35,43)(H,36,44)(H,39,40)(H4,29,30,31);1-3,7-8,18-21,31H,4-6,9-16,28H2,(H,33,40)(H,34,37)(H,35,41)(H,36,42)(H,38,39)(H4,29,30,32);1-4,8,12,21H,5-7H2,(H,24,29)(H,27,28)(H,31,32)(H3,20,22,25,26,30);7-8,12,23-24H,1-6,14H2,(H,18,20)(H,21,22)(H4,15,16,17);1H2/p-1/t17-,18-,19+,20-;18-,19-,20+,21-;;7-,8-;/m00.1./s1. The van der Waals surface area contributed by atoms with Crippen molar-refractivity contribution >= 4 is 141 Å². The predicted molar refractivity (Wildman–Crippen MR) is 511 cm³/mol. The zero-order chi connectivity index (χ0) is 106. The number of carbonyl (C=O) groups excluding carboxylic acids is 13. The minimum absolute atomic E-state index is 0. The Morgan fingerprint density at radius 3 is 1.50 bits per heavy atom. The number of aliphatic carboxylic acids is 5. The first-order valence-electron chi connectivity index (χ1n) is 44.8. The maximum absolute atomic E-state index is 13.6. The van der Waals surface area contributed by atoms with E-state index in [0.717, 1.165) is 5.56 Å². The Morgan fingerprint density at radius 1 is 0.517 bits per heavy atom. The Labute approximate surface area is 817 Å². The lowest BCUT2D eigenvalue weighted by atomic mass is 10.0. The van der Waals surface area contributed by atoms with Crippen molar-refractivity contribution in [2.24, 2.45) is 66.6 Å². The molecule has 43 N–H and O–H groups in total. The van der Waals surface area contributed by atoms with Gasteiger partial charge in [0.05, 0.1) is 62.9 Å². The quantitative estimate of drug-likeness (QED) is 0.00745. The number of unbranched alkanes of at least 4 members (excludes halogenated alkanes) is 2. The molecule has 11 amide bonds. The topological polar surface area (TPSA) is 1010 Å². The van der Waals surface area contributed by atoms with E-state index in [-0.39, 0.29) is 135 Å². The number of phenols is 1. The van der Waals surface area contributed by atoms with Crippen LogP contribution >= 0.6 is 0 Å². The maximum Gasteiger partial charge on any atom is 0.326 e. The number of nitrogens with two attached hydrogens (primary N) is 10. The van der Waals surface area contributed by atoms with Gasteiger partial charge in [-0.1, -0.05) is 42.5 Å². The summed E-state index contributed by atoms with van der Waals surface area (Å²) in [5.74, 6) is -15.3. The second-order valence-corrected chi connectivity index (χ2v) is 32.2. The summed E-state index contributed by atoms with van der Waals surface area (Å²) in [7, 11) is 0. The van der Waals surface area contributed by atoms with Crippen LogP contribution in [0.15, 0.2) is 105 Å². The number of fused-ring (bicyclic) bond motifs is 1. The number of amides is 11. The number of anilines is 2. The number of nitrogens with one attached hydrogen (secondary N) is 14. The zero-order valence-electron chi connectivity index (χ0n) is 78.1. The molecule has 143 heavy (non-hydrogen) atoms. The van der Waals surface area contributed by atoms with Crippen LogP contribution < -0.4 is 137 Å². The Bertz CT molecular complexity index is 5200. The van der Waals surface area contributed by atoms with Crippen LogP contribution in [0.3, 0.4) is 0 Å². The van der Waals surface area contributed by atoms with E-state index in [4.69, 9.17) is 77.8 Å². The fourth-order valence-electron chi connectivity index (χ4n) is 13.3. The summed E-state index contributed by atoms with van der Waals surface area (Å²) in [4.78, 5) is 248. The molecule has 2 aliphatic rings. The lowest BCUT2D eigenvalue weighted by Crippen LogP contribution is -2.58. The van der Waals surface area contributed by atoms with Crippen LogP contribution in [0.1, 0.15) is 149 Å². The fraction of sp³-hybridized carbons (Fsp3) is 0.488. The number of nitrogen functional groups attached to an aromatic ring is 1. The highest BCUT2D eigenvalue weighted by Gasteiger charge is 2.36. The number of phenolic OH excluding ortho intramolecular Hbond substituents is 1. The zero-order valence-corrected chi connectivity index (χ0v) is 78.1. The number of aromatic amines is 1. The fourth-order valence-corrected chi connectivity index (χ4v) is 13.3. The first kappa shape index (κ1) is 121. The van der Waals surface area contributed by atoms with Gasteiger partial charge in [-0.15, -0.1) is 0 Å². The number of aromatic nitrogens is 4. The molecule has 2 aromatic heterocycles. The number of carbonyl (C=O) groups is 17. The molecule has 4 heterocycles. The summed E-state index contributed by atoms with van der Waals surface area (Å²) in [5, 5.41) is 108. The van der Waals surface area contributed by atoms with Crippen LogP contribution in [-0.4, -0.2) is 305 Å². The number of nitrogens with zero attached hydrogens (tertiary/aromatic N) is 6. The van der Waals surface area contributed by atoms with Gasteiger partial charge in [0.25, 0.3) is 11.5 Å². The van der Waals surface area contributed by atoms with Crippen LogP contribution in [0.4, 0.5) is 11.6 Å². The molecule has 5 aromatic rings. The van der Waals surface area contributed by atoms with Crippen molar-refractivity contribution in [2.45, 2.75) is 214 Å². The molecule has 57 nitrogen and oxygen atoms in total. The second kappa shape index (κ2) is 65.0. The number of carboxylic acids is 5. The van der Waals surface area contributed by atoms with E-state index in [1.54, 1.807) is 42.5 Å². The average Bonchev–Trinajstić information content (AvgIpc) is 0.883. The number of aliphatic hydroxyl groups excluding tert-OH is 1. The third-order valence-electron chi connectivity index (χ3n) is 20.6. The lowest BCUT2D eigenvalue weighted by Gasteiger charge is -2.26. The van der Waals surface area contributed by atoms with Gasteiger partial charge in [0.1, 0.15) is 59.9 Å². The molecule has 0 aliphatic carbocycles. The molecular weight excluding hydrogens is 1890 g/mol. The minimum Gasteiger partial charge on any atom is -0.550 e. The van der Waals surface area contributed by atoms with Crippen molar-refractivity contribution in [1.29, 1.82) is 0 Å². The summed E-state index contributed by atoms with van der Waals surface area (Å²) in [6.45, 7) is 1.11. The molecule has 0 saturated carbocycles. The summed E-state index contributed by atoms with van der Waals surface area (Å²) >= 11 is 0. The van der Waals surface area contributed by atoms with Gasteiger partial charge in [0, 0.05) is 75.1 Å². The average molecular weight is 2020 g/mol. The Morgan fingerprint density at radius 2 is 1.00 bits per heavy atom. The number of carboxylic acid groups (broad SMARTS) is 5. The van der Waals surface area contributed by atoms with Gasteiger partial charge in [0.15, 0.2) is 35.3 Å². The van der Waals surface area contributed by atoms with Crippen molar-refractivity contribution in [3.05, 3.63) is 118 Å². The van der Waals surface area contributed by atoms with E-state index < -0.39 is 205 Å². The molecule has 786 valence electrons. The van der Waals surface area contributed by atoms with Gasteiger partial charge in [-0.25, -0.2) is 14.8 Å². The third kappa shape index (κ3) is 49.4. The number of aliphatic imine (C=N–C) groups is 3. The van der Waals surface area contributed by atoms with Crippen LogP contribution in [0.2, 0.25) is 0 Å². The number of ketones is 1. The molecule has 0 spiro atoms. The van der Waals surface area contributed by atoms with Gasteiger partial charge >= 0.3 is 23.9 Å². The van der Waals surface area contributed by atoms with Gasteiger partial charge in [0.2, 0.25) is 65.0 Å². The first-order valence-corrected chi connectivity index (χ1v) is 44.8. The highest BCUT2D eigenvalue weighted by molar-refractivity contribution is 6.00. The Hall–Kier alpha value is -16.0. The molecule has 2 aliphatic heterocycles. The van der Waals surface area contributed by atoms with Crippen molar-refractivity contribution < 1.29 is 128 Å². The summed E-state index contributed by atoms with van der Waals surface area (Å²) in [5.41, 5.74) is 56.4. The summed E-state index contributed by atoms with van der Waals surface area (Å²) < 4.78 is 0. The first-order chi connectivity index (χ1) is 67.3. The molecular formula is C86H129N30O27-. The molecule has 1 unspecified atom stereocenters. The van der Waals surface area contributed by atoms with E-state index in [9.17, 15) is 107 Å². The van der Waals surface area contributed by atoms with Crippen molar-refractivity contribution in [2.75, 3.05) is 63.4 Å². The van der Waals surface area contributed by atoms with Gasteiger partial charge < -0.3 is 178 Å². The highest BCUT2D eigenvalue weighted by atomic mass is 16.5. The van der Waals surface area contributed by atoms with Gasteiger partial charge in [-0.3, -0.25) is 96.7 Å². The summed E-state index contributed by atoms with van der Waals surface area (Å²) in [6, 6.07) is 8.23. The highest BCUT2D eigenvalue weighted by Crippen LogP contribution is 2.18. The van der Waals surface area contributed by atoms with Gasteiger partial charge in [-0.05, 0) is 151 Å². The number of aliphatic hydroxyl groups is 2. The summed E-state index contributed by atoms with van der Waals surface area (Å²) in [6.07, 6.45) is 0.936. The number of guanidine groups is 3. The molecule has 2 saturated heterocycles. The number of Topliss-reactive ketones (excluding diaryl/α,β-unsaturated/α-hetero) is 1. The molecule has 2 fully saturated rings. The number of hydrogen-bond donors (Lipinski definition) is 31. The van der Waals surface area contributed by atoms with Crippen LogP contribution in [0, 0.1) is 0 Å². The predicted octanol–water partition coefficient (Wildman–Crippen LogP) is -11.1. The van der Waals surface area contributed by atoms with Crippen LogP contribution in [0.5, 0.6) is 5.75 Å². The molecule has 11 atom stereocenters. The molecule has 57 heteroatoms. The lowest BCUT2D eigenvalue weighted by molar-refractivity contribution is -0.305. The van der Waals surface area contributed by atoms with Crippen LogP contribution in [-0.2, 0) is 96.1 Å². The van der Waals surface area contributed by atoms with E-state index in [1.807, 2.05) is 0 Å². The largest absolute Gasteiger partial charge is 0.550 e. The monoisotopic (exact) mass is 2010 g/mol. The van der Waals surface area contributed by atoms with Crippen molar-refractivity contribution in [1.82, 2.24) is 83.7 Å². The molecule has 7 rings (SSSR count). The number of benzene rings is 3. The molecule has 0 bridgehead atoms. The Balaban J connectivity index is 0.000000500. The maximum atomic E-state index is 13.6. The second-order valence-electron chi connectivity index (χ2n) is 32.2. The normalized spacial score (nSPS) is 18.1. The smallest absolute Gasteiger partial charge is 0.326 e. The van der Waals surface area contributed by atoms with E-state index >= 15 is 0 Å². The molecule has 3 aromatic carbocycles. The van der Waals surface area contributed by atoms with E-state index in [2.05, 4.69) is 104 Å².